The molecule has 6 nitrogen and oxygen atoms in total. The van der Waals surface area contributed by atoms with E-state index in [2.05, 4.69) is 4.83 Å². The standard InChI is InChI=1S/C28H23N3O3S/c1-20-16-18-22(19-17-20)35(33,34)29-31(21-10-4-3-5-11-21)28(32)27-23-12-6-8-14-25(23)30(2)26-15-9-7-13-24(26)27/h3-19H,1-2H3/p+1. The van der Waals surface area contributed by atoms with Crippen LogP contribution in [0.25, 0.3) is 21.8 Å². The number of carbonyl (C=O) groups is 1. The maximum Gasteiger partial charge on any atom is 0.275 e. The van der Waals surface area contributed by atoms with Crippen molar-refractivity contribution in [1.29, 1.82) is 0 Å². The maximum absolute atomic E-state index is 14.2. The summed E-state index contributed by atoms with van der Waals surface area (Å²) in [4.78, 5) is 16.8. The van der Waals surface area contributed by atoms with Crippen LogP contribution in [-0.4, -0.2) is 14.3 Å². The summed E-state index contributed by atoms with van der Waals surface area (Å²) in [5, 5.41) is 2.58. The van der Waals surface area contributed by atoms with Crippen LogP contribution >= 0.6 is 0 Å². The molecule has 0 aliphatic heterocycles. The van der Waals surface area contributed by atoms with E-state index in [4.69, 9.17) is 0 Å². The number of hydrazine groups is 1. The molecule has 5 rings (SSSR count). The van der Waals surface area contributed by atoms with Crippen LogP contribution in [0.5, 0.6) is 0 Å². The number of aryl methyl sites for hydroxylation is 2. The molecule has 1 amide bonds. The van der Waals surface area contributed by atoms with Crippen LogP contribution in [-0.2, 0) is 17.1 Å². The fraction of sp³-hybridized carbons (Fsp3) is 0.0714. The van der Waals surface area contributed by atoms with Crippen molar-refractivity contribution in [3.05, 3.63) is 114 Å². The first-order valence-electron chi connectivity index (χ1n) is 11.1. The number of sulfonamides is 1. The number of fused-ring (bicyclic) bond motifs is 2. The molecule has 0 aliphatic rings. The van der Waals surface area contributed by atoms with Crippen molar-refractivity contribution in [2.45, 2.75) is 11.8 Å². The molecule has 1 aromatic heterocycles. The quantitative estimate of drug-likeness (QED) is 0.225. The first-order chi connectivity index (χ1) is 16.9. The monoisotopic (exact) mass is 482 g/mol. The first kappa shape index (κ1) is 22.7. The molecule has 5 aromatic rings. The minimum atomic E-state index is -4.04. The van der Waals surface area contributed by atoms with Gasteiger partial charge in [0.15, 0.2) is 0 Å². The van der Waals surface area contributed by atoms with Crippen molar-refractivity contribution in [2.75, 3.05) is 5.01 Å². The molecule has 0 fully saturated rings. The fourth-order valence-corrected chi connectivity index (χ4v) is 5.28. The van der Waals surface area contributed by atoms with Crippen LogP contribution in [0.1, 0.15) is 15.9 Å². The Hall–Kier alpha value is -4.07. The molecule has 4 aromatic carbocycles. The Kier molecular flexibility index (Phi) is 5.80. The lowest BCUT2D eigenvalue weighted by atomic mass is 10.0. The van der Waals surface area contributed by atoms with Crippen molar-refractivity contribution in [3.63, 3.8) is 0 Å². The molecule has 0 unspecified atom stereocenters. The Morgan fingerprint density at radius 2 is 1.26 bits per heavy atom. The molecule has 1 heterocycles. The zero-order chi connectivity index (χ0) is 24.6. The fourth-order valence-electron chi connectivity index (χ4n) is 4.25. The van der Waals surface area contributed by atoms with Crippen LogP contribution in [0.2, 0.25) is 0 Å². The third kappa shape index (κ3) is 4.16. The lowest BCUT2D eigenvalue weighted by Crippen LogP contribution is -2.47. The zero-order valence-corrected chi connectivity index (χ0v) is 20.2. The SMILES string of the molecule is Cc1ccc(S(=O)(=O)NN(C(=O)c2c3ccccc3[n+](C)c3ccccc23)c2ccccc2)cc1. The number of rotatable bonds is 5. The van der Waals surface area contributed by atoms with Gasteiger partial charge in [0.2, 0.25) is 11.0 Å². The van der Waals surface area contributed by atoms with Gasteiger partial charge < -0.3 is 0 Å². The van der Waals surface area contributed by atoms with Gasteiger partial charge in [0.25, 0.3) is 15.9 Å². The average molecular weight is 483 g/mol. The van der Waals surface area contributed by atoms with Gasteiger partial charge in [-0.15, -0.1) is 4.83 Å². The van der Waals surface area contributed by atoms with E-state index in [1.54, 1.807) is 36.4 Å². The molecule has 0 saturated carbocycles. The second-order valence-corrected chi connectivity index (χ2v) is 10.0. The maximum atomic E-state index is 14.2. The van der Waals surface area contributed by atoms with Crippen LogP contribution in [0, 0.1) is 6.92 Å². The van der Waals surface area contributed by atoms with E-state index in [0.29, 0.717) is 11.3 Å². The molecule has 0 saturated heterocycles. The molecule has 1 N–H and O–H groups in total. The number of pyridine rings is 1. The second-order valence-electron chi connectivity index (χ2n) is 8.35. The van der Waals surface area contributed by atoms with Gasteiger partial charge >= 0.3 is 0 Å². The molecular formula is C28H24N3O3S+. The number of nitrogens with one attached hydrogen (secondary N) is 1. The van der Waals surface area contributed by atoms with Crippen LogP contribution in [0.3, 0.4) is 0 Å². The molecule has 0 atom stereocenters. The summed E-state index contributed by atoms with van der Waals surface area (Å²) < 4.78 is 28.7. The topological polar surface area (TPSA) is 70.4 Å². The van der Waals surface area contributed by atoms with Crippen molar-refractivity contribution in [1.82, 2.24) is 4.83 Å². The molecular weight excluding hydrogens is 458 g/mol. The van der Waals surface area contributed by atoms with E-state index >= 15 is 0 Å². The predicted octanol–water partition coefficient (Wildman–Crippen LogP) is 4.67. The number of para-hydroxylation sites is 3. The van der Waals surface area contributed by atoms with Gasteiger partial charge in [-0.2, -0.15) is 4.57 Å². The molecule has 35 heavy (non-hydrogen) atoms. The third-order valence-corrected chi connectivity index (χ3v) is 7.36. The molecule has 7 heteroatoms. The van der Waals surface area contributed by atoms with Crippen molar-refractivity contribution in [2.24, 2.45) is 7.05 Å². The number of nitrogens with zero attached hydrogens (tertiary/aromatic N) is 2. The lowest BCUT2D eigenvalue weighted by molar-refractivity contribution is -0.617. The molecule has 0 spiro atoms. The first-order valence-corrected chi connectivity index (χ1v) is 12.6. The summed E-state index contributed by atoms with van der Waals surface area (Å²) in [7, 11) is -2.09. The van der Waals surface area contributed by atoms with Crippen LogP contribution < -0.4 is 14.4 Å². The van der Waals surface area contributed by atoms with E-state index < -0.39 is 15.9 Å². The van der Waals surface area contributed by atoms with Crippen molar-refractivity contribution in [3.8, 4) is 0 Å². The number of benzene rings is 4. The Balaban J connectivity index is 1.72. The second kappa shape index (κ2) is 8.94. The van der Waals surface area contributed by atoms with Crippen molar-refractivity contribution < 1.29 is 17.8 Å². The number of aromatic nitrogens is 1. The molecule has 174 valence electrons. The summed E-state index contributed by atoms with van der Waals surface area (Å²) in [6.07, 6.45) is 0. The Morgan fingerprint density at radius 1 is 0.743 bits per heavy atom. The van der Waals surface area contributed by atoms with E-state index in [-0.39, 0.29) is 4.90 Å². The largest absolute Gasteiger partial charge is 0.275 e. The van der Waals surface area contributed by atoms with Crippen LogP contribution in [0.15, 0.2) is 108 Å². The predicted molar refractivity (Wildman–Crippen MR) is 137 cm³/mol. The minimum absolute atomic E-state index is 0.0750. The summed E-state index contributed by atoms with van der Waals surface area (Å²) in [5.41, 5.74) is 3.50. The van der Waals surface area contributed by atoms with Gasteiger partial charge in [-0.3, -0.25) is 4.79 Å². The highest BCUT2D eigenvalue weighted by Gasteiger charge is 2.30. The smallest absolute Gasteiger partial charge is 0.267 e. The van der Waals surface area contributed by atoms with Gasteiger partial charge in [-0.05, 0) is 43.3 Å². The average Bonchev–Trinajstić information content (AvgIpc) is 2.88. The third-order valence-electron chi connectivity index (χ3n) is 6.04. The highest BCUT2D eigenvalue weighted by atomic mass is 32.2. The Bertz CT molecular complexity index is 1610. The highest BCUT2D eigenvalue weighted by Crippen LogP contribution is 2.28. The number of amides is 1. The number of hydrogen-bond donors (Lipinski definition) is 1. The van der Waals surface area contributed by atoms with Gasteiger partial charge in [0.1, 0.15) is 7.05 Å². The summed E-state index contributed by atoms with van der Waals surface area (Å²) in [6.45, 7) is 1.88. The Labute approximate surface area is 204 Å². The Morgan fingerprint density at radius 3 is 1.83 bits per heavy atom. The minimum Gasteiger partial charge on any atom is -0.267 e. The van der Waals surface area contributed by atoms with Gasteiger partial charge in [-0.25, -0.2) is 13.4 Å². The summed E-state index contributed by atoms with van der Waals surface area (Å²) in [6, 6.07) is 30.5. The van der Waals surface area contributed by atoms with Gasteiger partial charge in [0.05, 0.1) is 26.9 Å². The van der Waals surface area contributed by atoms with Crippen LogP contribution in [0.4, 0.5) is 5.69 Å². The van der Waals surface area contributed by atoms with Crippen molar-refractivity contribution >= 4 is 43.4 Å². The van der Waals surface area contributed by atoms with Gasteiger partial charge in [0, 0.05) is 12.1 Å². The molecule has 0 bridgehead atoms. The number of carbonyl (C=O) groups excluding carboxylic acids is 1. The van der Waals surface area contributed by atoms with E-state index in [0.717, 1.165) is 32.4 Å². The highest BCUT2D eigenvalue weighted by molar-refractivity contribution is 7.89. The summed E-state index contributed by atoms with van der Waals surface area (Å²) in [5.74, 6) is -0.472. The number of hydrogen-bond acceptors (Lipinski definition) is 3. The normalized spacial score (nSPS) is 11.6. The van der Waals surface area contributed by atoms with E-state index in [9.17, 15) is 13.2 Å². The zero-order valence-electron chi connectivity index (χ0n) is 19.3. The van der Waals surface area contributed by atoms with E-state index in [1.807, 2.05) is 73.1 Å². The van der Waals surface area contributed by atoms with Gasteiger partial charge in [-0.1, -0.05) is 60.2 Å². The lowest BCUT2D eigenvalue weighted by Gasteiger charge is -2.24. The molecule has 0 aliphatic carbocycles. The summed E-state index contributed by atoms with van der Waals surface area (Å²) >= 11 is 0. The number of anilines is 1. The molecule has 0 radical (unpaired) electrons. The van der Waals surface area contributed by atoms with E-state index in [1.165, 1.54) is 12.1 Å².